The summed E-state index contributed by atoms with van der Waals surface area (Å²) in [7, 11) is 1.84. The van der Waals surface area contributed by atoms with Gasteiger partial charge in [-0.3, -0.25) is 0 Å². The minimum Gasteiger partial charge on any atom is -0.394 e. The number of fused-ring (bicyclic) bond motifs is 1. The van der Waals surface area contributed by atoms with Gasteiger partial charge in [0.15, 0.2) is 0 Å². The number of rotatable bonds is 3. The molecule has 3 heterocycles. The van der Waals surface area contributed by atoms with Crippen molar-refractivity contribution in [3.8, 4) is 0 Å². The van der Waals surface area contributed by atoms with Crippen LogP contribution in [0.4, 0.5) is 11.8 Å². The van der Waals surface area contributed by atoms with Crippen molar-refractivity contribution in [2.45, 2.75) is 32.2 Å². The molecule has 0 spiro atoms. The Morgan fingerprint density at radius 3 is 3.05 bits per heavy atom. The first-order valence-corrected chi connectivity index (χ1v) is 7.88. The summed E-state index contributed by atoms with van der Waals surface area (Å²) in [5, 5.41) is 13.8. The molecule has 1 fully saturated rings. The lowest BCUT2D eigenvalue weighted by Crippen LogP contribution is -2.42. The summed E-state index contributed by atoms with van der Waals surface area (Å²) >= 11 is 1.69. The molecular weight excluding hydrogens is 272 g/mol. The predicted octanol–water partition coefficient (Wildman–Crippen LogP) is 2.39. The topological polar surface area (TPSA) is 61.3 Å². The highest BCUT2D eigenvalue weighted by Crippen LogP contribution is 2.34. The van der Waals surface area contributed by atoms with E-state index < -0.39 is 0 Å². The van der Waals surface area contributed by atoms with Crippen LogP contribution in [0, 0.1) is 6.92 Å². The first-order valence-electron chi connectivity index (χ1n) is 7.06. The normalized spacial score (nSPS) is 19.6. The van der Waals surface area contributed by atoms with Gasteiger partial charge in [-0.15, -0.1) is 11.3 Å². The molecule has 0 saturated carbocycles. The van der Waals surface area contributed by atoms with Gasteiger partial charge >= 0.3 is 0 Å². The van der Waals surface area contributed by atoms with E-state index in [0.717, 1.165) is 35.4 Å². The first-order chi connectivity index (χ1) is 9.72. The van der Waals surface area contributed by atoms with E-state index in [9.17, 15) is 5.11 Å². The van der Waals surface area contributed by atoms with Crippen LogP contribution in [0.5, 0.6) is 0 Å². The summed E-state index contributed by atoms with van der Waals surface area (Å²) in [5.41, 5.74) is 0. The van der Waals surface area contributed by atoms with Crippen LogP contribution in [0.15, 0.2) is 6.07 Å². The second kappa shape index (κ2) is 5.54. The van der Waals surface area contributed by atoms with Gasteiger partial charge < -0.3 is 15.3 Å². The number of aryl methyl sites for hydroxylation is 1. The maximum Gasteiger partial charge on any atom is 0.225 e. The summed E-state index contributed by atoms with van der Waals surface area (Å²) < 4.78 is 0. The van der Waals surface area contributed by atoms with E-state index in [-0.39, 0.29) is 12.6 Å². The molecule has 1 saturated heterocycles. The Bertz CT molecular complexity index is 612. The van der Waals surface area contributed by atoms with Crippen molar-refractivity contribution in [2.24, 2.45) is 0 Å². The molecule has 2 N–H and O–H groups in total. The van der Waals surface area contributed by atoms with Gasteiger partial charge in [-0.2, -0.15) is 4.98 Å². The number of aliphatic hydroxyl groups is 1. The lowest BCUT2D eigenvalue weighted by molar-refractivity contribution is 0.239. The number of aliphatic hydroxyl groups excluding tert-OH is 1. The third kappa shape index (κ3) is 2.33. The lowest BCUT2D eigenvalue weighted by atomic mass is 10.0. The van der Waals surface area contributed by atoms with E-state index in [4.69, 9.17) is 0 Å². The maximum absolute atomic E-state index is 9.63. The molecule has 0 aromatic carbocycles. The van der Waals surface area contributed by atoms with E-state index >= 15 is 0 Å². The highest BCUT2D eigenvalue weighted by atomic mass is 32.1. The van der Waals surface area contributed by atoms with E-state index in [1.165, 1.54) is 11.3 Å². The number of nitrogens with one attached hydrogen (secondary N) is 1. The summed E-state index contributed by atoms with van der Waals surface area (Å²) in [6.07, 6.45) is 3.36. The molecule has 108 valence electrons. The molecule has 5 nitrogen and oxygen atoms in total. The van der Waals surface area contributed by atoms with Crippen molar-refractivity contribution >= 4 is 33.3 Å². The number of hydrogen-bond donors (Lipinski definition) is 2. The Morgan fingerprint density at radius 1 is 1.45 bits per heavy atom. The summed E-state index contributed by atoms with van der Waals surface area (Å²) in [5.74, 6) is 1.61. The van der Waals surface area contributed by atoms with Gasteiger partial charge in [-0.25, -0.2) is 4.98 Å². The molecule has 0 bridgehead atoms. The molecule has 20 heavy (non-hydrogen) atoms. The fourth-order valence-electron chi connectivity index (χ4n) is 2.83. The molecule has 6 heteroatoms. The standard InChI is InChI=1S/C14H20N4OS/c1-9-7-11-12(16-14(15-2)17-13(11)20-9)18-6-4-3-5-10(18)8-19/h7,10,19H,3-6,8H2,1-2H3,(H,15,16,17). The fourth-order valence-corrected chi connectivity index (χ4v) is 3.70. The van der Waals surface area contributed by atoms with Crippen LogP contribution in [0.1, 0.15) is 24.1 Å². The third-order valence-electron chi connectivity index (χ3n) is 3.83. The molecule has 0 aliphatic carbocycles. The van der Waals surface area contributed by atoms with E-state index in [2.05, 4.69) is 33.2 Å². The van der Waals surface area contributed by atoms with Crippen molar-refractivity contribution in [3.63, 3.8) is 0 Å². The second-order valence-corrected chi connectivity index (χ2v) is 6.46. The number of thiophene rings is 1. The van der Waals surface area contributed by atoms with Crippen molar-refractivity contribution in [1.82, 2.24) is 9.97 Å². The summed E-state index contributed by atoms with van der Waals surface area (Å²) in [6, 6.07) is 2.32. The average Bonchev–Trinajstić information content (AvgIpc) is 2.86. The van der Waals surface area contributed by atoms with Crippen LogP contribution in [-0.2, 0) is 0 Å². The Hall–Kier alpha value is -1.40. The summed E-state index contributed by atoms with van der Waals surface area (Å²) in [6.45, 7) is 3.23. The monoisotopic (exact) mass is 292 g/mol. The van der Waals surface area contributed by atoms with Gasteiger partial charge in [0, 0.05) is 18.5 Å². The molecule has 0 radical (unpaired) electrons. The zero-order valence-electron chi connectivity index (χ0n) is 11.9. The van der Waals surface area contributed by atoms with E-state index in [1.54, 1.807) is 11.3 Å². The number of piperidine rings is 1. The highest BCUT2D eigenvalue weighted by Gasteiger charge is 2.25. The molecule has 1 atom stereocenters. The molecule has 1 aliphatic rings. The Kier molecular flexibility index (Phi) is 3.76. The number of aromatic nitrogens is 2. The van der Waals surface area contributed by atoms with Gasteiger partial charge in [0.05, 0.1) is 18.0 Å². The fraction of sp³-hybridized carbons (Fsp3) is 0.571. The third-order valence-corrected chi connectivity index (χ3v) is 4.77. The quantitative estimate of drug-likeness (QED) is 0.909. The molecular formula is C14H20N4OS. The smallest absolute Gasteiger partial charge is 0.225 e. The zero-order valence-corrected chi connectivity index (χ0v) is 12.7. The van der Waals surface area contributed by atoms with Crippen LogP contribution in [0.25, 0.3) is 10.2 Å². The largest absolute Gasteiger partial charge is 0.394 e. The van der Waals surface area contributed by atoms with Crippen molar-refractivity contribution < 1.29 is 5.11 Å². The van der Waals surface area contributed by atoms with Crippen molar-refractivity contribution in [1.29, 1.82) is 0 Å². The number of nitrogens with zero attached hydrogens (tertiary/aromatic N) is 3. The van der Waals surface area contributed by atoms with Crippen LogP contribution < -0.4 is 10.2 Å². The molecule has 0 amide bonds. The van der Waals surface area contributed by atoms with Crippen molar-refractivity contribution in [3.05, 3.63) is 10.9 Å². The average molecular weight is 292 g/mol. The SMILES string of the molecule is CNc1nc(N2CCCCC2CO)c2cc(C)sc2n1. The second-order valence-electron chi connectivity index (χ2n) is 5.22. The maximum atomic E-state index is 9.63. The highest BCUT2D eigenvalue weighted by molar-refractivity contribution is 7.18. The van der Waals surface area contributed by atoms with Gasteiger partial charge in [0.2, 0.25) is 5.95 Å². The Labute approximate surface area is 122 Å². The lowest BCUT2D eigenvalue weighted by Gasteiger charge is -2.36. The molecule has 1 aliphatic heterocycles. The van der Waals surface area contributed by atoms with Gasteiger partial charge in [0.1, 0.15) is 10.6 Å². The number of anilines is 2. The van der Waals surface area contributed by atoms with Gasteiger partial charge in [-0.1, -0.05) is 0 Å². The van der Waals surface area contributed by atoms with Crippen LogP contribution in [-0.4, -0.2) is 41.3 Å². The van der Waals surface area contributed by atoms with E-state index in [1.807, 2.05) is 7.05 Å². The minimum atomic E-state index is 0.173. The molecule has 2 aromatic heterocycles. The van der Waals surface area contributed by atoms with Gasteiger partial charge in [-0.05, 0) is 32.3 Å². The van der Waals surface area contributed by atoms with E-state index in [0.29, 0.717) is 5.95 Å². The summed E-state index contributed by atoms with van der Waals surface area (Å²) in [4.78, 5) is 13.7. The van der Waals surface area contributed by atoms with Crippen LogP contribution in [0.3, 0.4) is 0 Å². The number of hydrogen-bond acceptors (Lipinski definition) is 6. The van der Waals surface area contributed by atoms with Gasteiger partial charge in [0.25, 0.3) is 0 Å². The van der Waals surface area contributed by atoms with Crippen LogP contribution >= 0.6 is 11.3 Å². The molecule has 1 unspecified atom stereocenters. The Morgan fingerprint density at radius 2 is 2.30 bits per heavy atom. The first kappa shape index (κ1) is 13.6. The van der Waals surface area contributed by atoms with Crippen molar-refractivity contribution in [2.75, 3.05) is 30.4 Å². The minimum absolute atomic E-state index is 0.173. The molecule has 2 aromatic rings. The zero-order chi connectivity index (χ0) is 14.1. The Balaban J connectivity index is 2.12. The van der Waals surface area contributed by atoms with Crippen LogP contribution in [0.2, 0.25) is 0 Å². The molecule has 3 rings (SSSR count). The predicted molar refractivity (Wildman–Crippen MR) is 83.8 cm³/mol.